The van der Waals surface area contributed by atoms with Gasteiger partial charge in [0.15, 0.2) is 0 Å². The summed E-state index contributed by atoms with van der Waals surface area (Å²) in [5.74, 6) is -1.30. The molecule has 15 heavy (non-hydrogen) atoms. The molecular formula is C11H9NO3. The number of carbonyl (C=O) groups excluding carboxylic acids is 2. The summed E-state index contributed by atoms with van der Waals surface area (Å²) in [6.45, 7) is 3.26. The molecular weight excluding hydrogens is 194 g/mol. The van der Waals surface area contributed by atoms with E-state index in [0.717, 1.165) is 0 Å². The van der Waals surface area contributed by atoms with Crippen LogP contribution in [0.2, 0.25) is 0 Å². The molecule has 0 saturated heterocycles. The second-order valence-electron chi connectivity index (χ2n) is 3.30. The first-order chi connectivity index (χ1) is 7.11. The molecule has 1 N–H and O–H groups in total. The number of nitrogens with zero attached hydrogens (tertiary/aromatic N) is 1. The Balaban J connectivity index is 2.47. The van der Waals surface area contributed by atoms with Crippen molar-refractivity contribution < 1.29 is 14.7 Å². The van der Waals surface area contributed by atoms with Crippen LogP contribution in [-0.2, 0) is 4.79 Å². The molecule has 1 amide bonds. The molecule has 0 aliphatic carbocycles. The Hall–Kier alpha value is -2.10. The van der Waals surface area contributed by atoms with Gasteiger partial charge in [0.05, 0.1) is 17.8 Å². The minimum absolute atomic E-state index is 0.0401. The van der Waals surface area contributed by atoms with Crippen molar-refractivity contribution >= 4 is 17.4 Å². The number of benzene rings is 1. The Morgan fingerprint density at radius 1 is 1.33 bits per heavy atom. The number of para-hydroxylation sites is 1. The predicted molar refractivity (Wildman–Crippen MR) is 54.9 cm³/mol. The summed E-state index contributed by atoms with van der Waals surface area (Å²) in [5, 5.41) is 9.04. The predicted octanol–water partition coefficient (Wildman–Crippen LogP) is 1.29. The number of ketones is 1. The molecule has 4 heteroatoms. The number of carbonyl (C=O) groups is 2. The molecule has 0 unspecified atom stereocenters. The molecule has 0 aromatic heterocycles. The topological polar surface area (TPSA) is 57.6 Å². The van der Waals surface area contributed by atoms with Gasteiger partial charge in [-0.25, -0.2) is 0 Å². The zero-order valence-corrected chi connectivity index (χ0v) is 7.93. The lowest BCUT2D eigenvalue weighted by Crippen LogP contribution is -2.31. The van der Waals surface area contributed by atoms with Crippen molar-refractivity contribution in [1.82, 2.24) is 0 Å². The average molecular weight is 203 g/mol. The van der Waals surface area contributed by atoms with Gasteiger partial charge in [-0.15, -0.1) is 0 Å². The number of hydrogen-bond acceptors (Lipinski definition) is 3. The van der Waals surface area contributed by atoms with E-state index in [1.54, 1.807) is 24.3 Å². The molecule has 76 valence electrons. The minimum Gasteiger partial charge on any atom is -0.511 e. The van der Waals surface area contributed by atoms with Gasteiger partial charge >= 0.3 is 0 Å². The second-order valence-corrected chi connectivity index (χ2v) is 3.30. The summed E-state index contributed by atoms with van der Waals surface area (Å²) in [6.07, 6.45) is 0. The highest BCUT2D eigenvalue weighted by Gasteiger charge is 2.35. The Labute approximate surface area is 86.4 Å². The molecule has 1 heterocycles. The van der Waals surface area contributed by atoms with Crippen molar-refractivity contribution in [1.29, 1.82) is 0 Å². The first-order valence-electron chi connectivity index (χ1n) is 4.43. The van der Waals surface area contributed by atoms with E-state index in [2.05, 4.69) is 6.58 Å². The van der Waals surface area contributed by atoms with Gasteiger partial charge < -0.3 is 5.11 Å². The van der Waals surface area contributed by atoms with E-state index in [0.29, 0.717) is 11.3 Å². The highest BCUT2D eigenvalue weighted by Crippen LogP contribution is 2.28. The monoisotopic (exact) mass is 203 g/mol. The van der Waals surface area contributed by atoms with Crippen LogP contribution in [0.3, 0.4) is 0 Å². The van der Waals surface area contributed by atoms with Crippen molar-refractivity contribution in [2.24, 2.45) is 0 Å². The first-order valence-corrected chi connectivity index (χ1v) is 4.43. The smallest absolute Gasteiger partial charge is 0.299 e. The van der Waals surface area contributed by atoms with E-state index in [9.17, 15) is 9.59 Å². The fraction of sp³-hybridized carbons (Fsp3) is 0.0909. The summed E-state index contributed by atoms with van der Waals surface area (Å²) in [7, 11) is 0. The molecule has 0 fully saturated rings. The maximum atomic E-state index is 11.5. The van der Waals surface area contributed by atoms with Crippen molar-refractivity contribution in [3.63, 3.8) is 0 Å². The van der Waals surface area contributed by atoms with E-state index in [4.69, 9.17) is 5.11 Å². The van der Waals surface area contributed by atoms with Gasteiger partial charge in [0.1, 0.15) is 5.76 Å². The lowest BCUT2D eigenvalue weighted by Gasteiger charge is -2.14. The van der Waals surface area contributed by atoms with Crippen LogP contribution in [0.4, 0.5) is 5.69 Å². The fourth-order valence-electron chi connectivity index (χ4n) is 1.59. The third-order valence-electron chi connectivity index (χ3n) is 2.22. The van der Waals surface area contributed by atoms with Crippen LogP contribution in [-0.4, -0.2) is 23.3 Å². The van der Waals surface area contributed by atoms with Crippen LogP contribution in [0.15, 0.2) is 36.6 Å². The van der Waals surface area contributed by atoms with E-state index in [1.165, 1.54) is 4.90 Å². The number of amides is 1. The maximum Gasteiger partial charge on any atom is 0.299 e. The molecule has 4 nitrogen and oxygen atoms in total. The van der Waals surface area contributed by atoms with Crippen LogP contribution >= 0.6 is 0 Å². The molecule has 1 aromatic rings. The van der Waals surface area contributed by atoms with Gasteiger partial charge in [-0.1, -0.05) is 18.7 Å². The number of hydrogen-bond donors (Lipinski definition) is 1. The van der Waals surface area contributed by atoms with Crippen molar-refractivity contribution in [3.05, 3.63) is 42.2 Å². The molecule has 1 aliphatic heterocycles. The van der Waals surface area contributed by atoms with Crippen LogP contribution in [0.1, 0.15) is 10.4 Å². The summed E-state index contributed by atoms with van der Waals surface area (Å²) in [5.41, 5.74) is 0.909. The molecule has 1 aliphatic rings. The lowest BCUT2D eigenvalue weighted by atomic mass is 10.1. The van der Waals surface area contributed by atoms with Crippen LogP contribution in [0.25, 0.3) is 0 Å². The van der Waals surface area contributed by atoms with Crippen LogP contribution < -0.4 is 4.90 Å². The van der Waals surface area contributed by atoms with E-state index in [-0.39, 0.29) is 12.3 Å². The largest absolute Gasteiger partial charge is 0.511 e. The van der Waals surface area contributed by atoms with Gasteiger partial charge in [-0.2, -0.15) is 0 Å². The Kier molecular flexibility index (Phi) is 2.04. The Morgan fingerprint density at radius 3 is 2.67 bits per heavy atom. The molecule has 1 aromatic carbocycles. The molecule has 0 radical (unpaired) electrons. The van der Waals surface area contributed by atoms with E-state index < -0.39 is 11.7 Å². The van der Waals surface area contributed by atoms with E-state index >= 15 is 0 Å². The van der Waals surface area contributed by atoms with Crippen molar-refractivity contribution in [2.75, 3.05) is 11.4 Å². The van der Waals surface area contributed by atoms with Gasteiger partial charge in [0.2, 0.25) is 0 Å². The fourth-order valence-corrected chi connectivity index (χ4v) is 1.59. The molecule has 0 bridgehead atoms. The van der Waals surface area contributed by atoms with Crippen LogP contribution in [0.5, 0.6) is 0 Å². The van der Waals surface area contributed by atoms with Gasteiger partial charge in [0.25, 0.3) is 11.7 Å². The van der Waals surface area contributed by atoms with Gasteiger partial charge in [-0.05, 0) is 12.1 Å². The third kappa shape index (κ3) is 1.40. The molecule has 0 saturated carbocycles. The number of fused-ring (bicyclic) bond motifs is 1. The summed E-state index contributed by atoms with van der Waals surface area (Å²) in [4.78, 5) is 24.2. The lowest BCUT2D eigenvalue weighted by molar-refractivity contribution is -0.114. The maximum absolute atomic E-state index is 11.5. The van der Waals surface area contributed by atoms with Gasteiger partial charge in [-0.3, -0.25) is 14.5 Å². The SMILES string of the molecule is C=C(O)CN1C(=O)C(=O)c2ccccc21. The minimum atomic E-state index is -0.619. The molecule has 0 spiro atoms. The molecule has 2 rings (SSSR count). The van der Waals surface area contributed by atoms with Crippen molar-refractivity contribution in [3.8, 4) is 0 Å². The number of Topliss-reactive ketones (excluding diaryl/α,β-unsaturated/α-hetero) is 1. The number of rotatable bonds is 2. The highest BCUT2D eigenvalue weighted by molar-refractivity contribution is 6.52. The van der Waals surface area contributed by atoms with E-state index in [1.807, 2.05) is 0 Å². The average Bonchev–Trinajstić information content (AvgIpc) is 2.44. The Bertz CT molecular complexity index is 465. The number of aliphatic hydroxyl groups is 1. The molecule has 0 atom stereocenters. The zero-order valence-electron chi connectivity index (χ0n) is 7.93. The van der Waals surface area contributed by atoms with Gasteiger partial charge in [0, 0.05) is 0 Å². The summed E-state index contributed by atoms with van der Waals surface area (Å²) in [6, 6.07) is 6.69. The normalized spacial score (nSPS) is 14.3. The standard InChI is InChI=1S/C11H9NO3/c1-7(13)6-12-9-5-3-2-4-8(9)10(14)11(12)15/h2-5,13H,1,6H2. The number of aliphatic hydroxyl groups excluding tert-OH is 1. The Morgan fingerprint density at radius 2 is 2.00 bits per heavy atom. The second kappa shape index (κ2) is 3.24. The zero-order chi connectivity index (χ0) is 11.0. The summed E-state index contributed by atoms with van der Waals surface area (Å²) >= 11 is 0. The van der Waals surface area contributed by atoms with Crippen molar-refractivity contribution in [2.45, 2.75) is 0 Å². The summed E-state index contributed by atoms with van der Waals surface area (Å²) < 4.78 is 0. The third-order valence-corrected chi connectivity index (χ3v) is 2.22. The quantitative estimate of drug-likeness (QED) is 0.582. The highest BCUT2D eigenvalue weighted by atomic mass is 16.3. The number of anilines is 1. The van der Waals surface area contributed by atoms with Crippen LogP contribution in [0, 0.1) is 0 Å². The first kappa shape index (κ1) is 9.45.